The Morgan fingerprint density at radius 2 is 2.16 bits per heavy atom. The van der Waals surface area contributed by atoms with E-state index in [0.29, 0.717) is 5.41 Å². The summed E-state index contributed by atoms with van der Waals surface area (Å²) in [7, 11) is 0. The van der Waals surface area contributed by atoms with Gasteiger partial charge in [0.1, 0.15) is 0 Å². The van der Waals surface area contributed by atoms with Crippen molar-refractivity contribution in [1.29, 1.82) is 0 Å². The van der Waals surface area contributed by atoms with Gasteiger partial charge in [0.25, 0.3) is 0 Å². The minimum absolute atomic E-state index is 0. The van der Waals surface area contributed by atoms with Crippen LogP contribution >= 0.6 is 24.0 Å². The van der Waals surface area contributed by atoms with Crippen LogP contribution in [0.3, 0.4) is 0 Å². The second-order valence-corrected chi connectivity index (χ2v) is 7.39. The molecular formula is C20H32IN3O. The van der Waals surface area contributed by atoms with Gasteiger partial charge in [-0.3, -0.25) is 4.99 Å². The first kappa shape index (κ1) is 20.5. The molecule has 0 radical (unpaired) electrons. The maximum atomic E-state index is 5.65. The lowest BCUT2D eigenvalue weighted by Gasteiger charge is -2.25. The number of nitrogens with one attached hydrogen (secondary N) is 1. The highest BCUT2D eigenvalue weighted by molar-refractivity contribution is 14.0. The Morgan fingerprint density at radius 1 is 1.32 bits per heavy atom. The summed E-state index contributed by atoms with van der Waals surface area (Å²) in [6, 6.07) is 6.70. The molecule has 4 nitrogen and oxygen atoms in total. The Kier molecular flexibility index (Phi) is 7.55. The van der Waals surface area contributed by atoms with E-state index >= 15 is 0 Å². The zero-order chi connectivity index (χ0) is 17.0. The monoisotopic (exact) mass is 457 g/mol. The van der Waals surface area contributed by atoms with Crippen molar-refractivity contribution < 1.29 is 4.74 Å². The second-order valence-electron chi connectivity index (χ2n) is 7.39. The van der Waals surface area contributed by atoms with E-state index in [9.17, 15) is 0 Å². The van der Waals surface area contributed by atoms with Crippen LogP contribution in [-0.4, -0.2) is 50.3 Å². The third-order valence-electron chi connectivity index (χ3n) is 5.40. The highest BCUT2D eigenvalue weighted by atomic mass is 127. The van der Waals surface area contributed by atoms with Gasteiger partial charge in [0.15, 0.2) is 5.96 Å². The Bertz CT molecular complexity index is 597. The van der Waals surface area contributed by atoms with Gasteiger partial charge in [-0.15, -0.1) is 24.0 Å². The van der Waals surface area contributed by atoms with Crippen LogP contribution in [0, 0.1) is 19.3 Å². The predicted molar refractivity (Wildman–Crippen MR) is 115 cm³/mol. The number of nitrogens with zero attached hydrogens (tertiary/aromatic N) is 2. The third kappa shape index (κ3) is 5.09. The van der Waals surface area contributed by atoms with E-state index in [-0.39, 0.29) is 24.0 Å². The van der Waals surface area contributed by atoms with Crippen LogP contribution in [0.1, 0.15) is 36.5 Å². The normalized spacial score (nSPS) is 23.2. The van der Waals surface area contributed by atoms with Crippen LogP contribution in [0.2, 0.25) is 0 Å². The maximum Gasteiger partial charge on any atom is 0.193 e. The van der Waals surface area contributed by atoms with E-state index in [1.165, 1.54) is 29.5 Å². The molecule has 1 unspecified atom stereocenters. The van der Waals surface area contributed by atoms with Crippen LogP contribution in [0.4, 0.5) is 0 Å². The lowest BCUT2D eigenvalue weighted by Crippen LogP contribution is -2.41. The summed E-state index contributed by atoms with van der Waals surface area (Å²) in [6.45, 7) is 12.3. The van der Waals surface area contributed by atoms with E-state index in [1.54, 1.807) is 0 Å². The van der Waals surface area contributed by atoms with Gasteiger partial charge in [0.2, 0.25) is 0 Å². The molecule has 1 N–H and O–H groups in total. The van der Waals surface area contributed by atoms with Crippen molar-refractivity contribution in [3.63, 3.8) is 0 Å². The summed E-state index contributed by atoms with van der Waals surface area (Å²) in [5, 5.41) is 3.48. The molecule has 0 bridgehead atoms. The Balaban J connectivity index is 0.00000225. The highest BCUT2D eigenvalue weighted by Crippen LogP contribution is 2.38. The smallest absolute Gasteiger partial charge is 0.193 e. The molecule has 0 aliphatic carbocycles. The standard InChI is InChI=1S/C20H31N3O.HI/c1-4-21-19(23-11-8-20(14-23)9-12-24-15-20)22-10-7-18-6-5-16(2)13-17(18)3;/h5-6,13H,4,7-12,14-15H2,1-3H3,(H,21,22);1H. The summed E-state index contributed by atoms with van der Waals surface area (Å²) in [5.41, 5.74) is 4.49. The van der Waals surface area contributed by atoms with Crippen molar-refractivity contribution in [1.82, 2.24) is 10.2 Å². The van der Waals surface area contributed by atoms with Crippen molar-refractivity contribution in [3.05, 3.63) is 34.9 Å². The zero-order valence-electron chi connectivity index (χ0n) is 15.8. The largest absolute Gasteiger partial charge is 0.381 e. The van der Waals surface area contributed by atoms with Crippen molar-refractivity contribution in [2.45, 2.75) is 40.0 Å². The summed E-state index contributed by atoms with van der Waals surface area (Å²) in [6.07, 6.45) is 3.43. The average molecular weight is 457 g/mol. The van der Waals surface area contributed by atoms with Crippen LogP contribution in [0.5, 0.6) is 0 Å². The summed E-state index contributed by atoms with van der Waals surface area (Å²) in [4.78, 5) is 7.33. The molecule has 0 amide bonds. The lowest BCUT2D eigenvalue weighted by atomic mass is 9.87. The molecule has 1 spiro atoms. The van der Waals surface area contributed by atoms with Gasteiger partial charge in [-0.25, -0.2) is 0 Å². The van der Waals surface area contributed by atoms with E-state index in [4.69, 9.17) is 9.73 Å². The van der Waals surface area contributed by atoms with Gasteiger partial charge < -0.3 is 15.0 Å². The van der Waals surface area contributed by atoms with Gasteiger partial charge >= 0.3 is 0 Å². The van der Waals surface area contributed by atoms with Gasteiger partial charge in [0, 0.05) is 38.2 Å². The molecule has 0 saturated carbocycles. The van der Waals surface area contributed by atoms with Crippen molar-refractivity contribution >= 4 is 29.9 Å². The fraction of sp³-hybridized carbons (Fsp3) is 0.650. The first-order valence-corrected chi connectivity index (χ1v) is 9.29. The third-order valence-corrected chi connectivity index (χ3v) is 5.40. The number of benzene rings is 1. The minimum atomic E-state index is 0. The van der Waals surface area contributed by atoms with Crippen molar-refractivity contribution in [2.24, 2.45) is 10.4 Å². The molecule has 2 aliphatic rings. The number of aryl methyl sites for hydroxylation is 2. The summed E-state index contributed by atoms with van der Waals surface area (Å²) < 4.78 is 5.65. The quantitative estimate of drug-likeness (QED) is 0.427. The number of guanidine groups is 1. The van der Waals surface area contributed by atoms with Gasteiger partial charge in [-0.05, 0) is 51.2 Å². The Hall–Kier alpha value is -0.820. The predicted octanol–water partition coefficient (Wildman–Crippen LogP) is 3.54. The number of aliphatic imine (C=N–C) groups is 1. The van der Waals surface area contributed by atoms with Crippen LogP contribution < -0.4 is 5.32 Å². The van der Waals surface area contributed by atoms with Crippen LogP contribution in [0.15, 0.2) is 23.2 Å². The number of ether oxygens (including phenoxy) is 1. The first-order valence-electron chi connectivity index (χ1n) is 9.29. The Labute approximate surface area is 169 Å². The molecule has 2 heterocycles. The van der Waals surface area contributed by atoms with E-state index < -0.39 is 0 Å². The molecule has 1 aromatic rings. The fourth-order valence-electron chi connectivity index (χ4n) is 3.92. The molecule has 25 heavy (non-hydrogen) atoms. The van der Waals surface area contributed by atoms with Gasteiger partial charge in [-0.1, -0.05) is 23.8 Å². The van der Waals surface area contributed by atoms with Gasteiger partial charge in [-0.2, -0.15) is 0 Å². The average Bonchev–Trinajstić information content (AvgIpc) is 3.19. The molecule has 1 atom stereocenters. The summed E-state index contributed by atoms with van der Waals surface area (Å²) >= 11 is 0. The molecule has 1 aromatic carbocycles. The number of halogens is 1. The van der Waals surface area contributed by atoms with Crippen molar-refractivity contribution in [2.75, 3.05) is 39.4 Å². The topological polar surface area (TPSA) is 36.9 Å². The number of hydrogen-bond acceptors (Lipinski definition) is 2. The molecular weight excluding hydrogens is 425 g/mol. The second kappa shape index (κ2) is 9.21. The zero-order valence-corrected chi connectivity index (χ0v) is 18.1. The first-order chi connectivity index (χ1) is 11.6. The van der Waals surface area contributed by atoms with E-state index in [0.717, 1.165) is 51.8 Å². The molecule has 0 aromatic heterocycles. The molecule has 2 fully saturated rings. The molecule has 140 valence electrons. The van der Waals surface area contributed by atoms with E-state index in [2.05, 4.69) is 49.2 Å². The van der Waals surface area contributed by atoms with Crippen LogP contribution in [0.25, 0.3) is 0 Å². The van der Waals surface area contributed by atoms with Crippen LogP contribution in [-0.2, 0) is 11.2 Å². The molecule has 3 rings (SSSR count). The number of hydrogen-bond donors (Lipinski definition) is 1. The molecule has 2 saturated heterocycles. The molecule has 5 heteroatoms. The highest BCUT2D eigenvalue weighted by Gasteiger charge is 2.42. The summed E-state index contributed by atoms with van der Waals surface area (Å²) in [5.74, 6) is 1.08. The van der Waals surface area contributed by atoms with E-state index in [1.807, 2.05) is 0 Å². The fourth-order valence-corrected chi connectivity index (χ4v) is 3.92. The number of rotatable bonds is 4. The maximum absolute atomic E-state index is 5.65. The van der Waals surface area contributed by atoms with Crippen molar-refractivity contribution in [3.8, 4) is 0 Å². The minimum Gasteiger partial charge on any atom is -0.381 e. The Morgan fingerprint density at radius 3 is 2.84 bits per heavy atom. The van der Waals surface area contributed by atoms with Gasteiger partial charge in [0.05, 0.1) is 6.61 Å². The molecule has 2 aliphatic heterocycles. The lowest BCUT2D eigenvalue weighted by molar-refractivity contribution is 0.156. The number of likely N-dealkylation sites (tertiary alicyclic amines) is 1. The SMILES string of the molecule is CCNC(=NCCc1ccc(C)cc1C)N1CCC2(CCOC2)C1.I.